The van der Waals surface area contributed by atoms with Crippen molar-refractivity contribution in [3.05, 3.63) is 111 Å². The fraction of sp³-hybridized carbons (Fsp3) is 0.207. The number of hydrogen-bond acceptors (Lipinski definition) is 6. The zero-order valence-corrected chi connectivity index (χ0v) is 21.4. The highest BCUT2D eigenvalue weighted by Gasteiger charge is 2.25. The van der Waals surface area contributed by atoms with Crippen molar-refractivity contribution in [2.45, 2.75) is 26.8 Å². The summed E-state index contributed by atoms with van der Waals surface area (Å²) in [5.41, 5.74) is 1.57. The molecule has 0 radical (unpaired) electrons. The molecule has 1 heterocycles. The zero-order chi connectivity index (χ0) is 27.2. The van der Waals surface area contributed by atoms with Gasteiger partial charge < -0.3 is 9.64 Å². The molecule has 0 aliphatic rings. The van der Waals surface area contributed by atoms with Crippen LogP contribution in [0.2, 0.25) is 0 Å². The number of fused-ring (bicyclic) bond motifs is 1. The number of non-ortho nitro benzene ring substituents is 1. The van der Waals surface area contributed by atoms with Gasteiger partial charge in [-0.15, -0.1) is 0 Å². The number of ether oxygens (including phenoxy) is 1. The van der Waals surface area contributed by atoms with E-state index in [0.29, 0.717) is 46.9 Å². The van der Waals surface area contributed by atoms with Crippen molar-refractivity contribution in [1.29, 1.82) is 0 Å². The fourth-order valence-corrected chi connectivity index (χ4v) is 4.27. The summed E-state index contributed by atoms with van der Waals surface area (Å²) in [6.45, 7) is 6.49. The van der Waals surface area contributed by atoms with E-state index in [0.717, 1.165) is 0 Å². The van der Waals surface area contributed by atoms with Gasteiger partial charge in [0.25, 0.3) is 11.2 Å². The van der Waals surface area contributed by atoms with Gasteiger partial charge >= 0.3 is 0 Å². The predicted molar refractivity (Wildman–Crippen MR) is 146 cm³/mol. The molecule has 38 heavy (non-hydrogen) atoms. The molecule has 0 aliphatic carbocycles. The monoisotopic (exact) mass is 512 g/mol. The minimum Gasteiger partial charge on any atom is -0.494 e. The molecule has 194 valence electrons. The van der Waals surface area contributed by atoms with Gasteiger partial charge in [-0.2, -0.15) is 0 Å². The van der Waals surface area contributed by atoms with E-state index in [1.807, 2.05) is 26.8 Å². The van der Waals surface area contributed by atoms with Gasteiger partial charge in [-0.1, -0.05) is 12.1 Å². The number of carbonyl (C=O) groups excluding carboxylic acids is 1. The topological polar surface area (TPSA) is 108 Å². The van der Waals surface area contributed by atoms with Crippen LogP contribution in [0.5, 0.6) is 5.75 Å². The quantitative estimate of drug-likeness (QED) is 0.171. The molecule has 1 unspecified atom stereocenters. The summed E-state index contributed by atoms with van der Waals surface area (Å²) in [7, 11) is 0. The number of rotatable bonds is 9. The van der Waals surface area contributed by atoms with Gasteiger partial charge in [-0.3, -0.25) is 24.3 Å². The Morgan fingerprint density at radius 2 is 1.76 bits per heavy atom. The molecule has 0 bridgehead atoms. The van der Waals surface area contributed by atoms with Crippen molar-refractivity contribution in [3.63, 3.8) is 0 Å². The first-order valence-electron chi connectivity index (χ1n) is 12.3. The number of nitro groups is 1. The van der Waals surface area contributed by atoms with E-state index < -0.39 is 11.0 Å². The fourth-order valence-electron chi connectivity index (χ4n) is 4.27. The highest BCUT2D eigenvalue weighted by atomic mass is 16.6. The summed E-state index contributed by atoms with van der Waals surface area (Å²) in [4.78, 5) is 43.8. The first kappa shape index (κ1) is 26.3. The molecule has 9 nitrogen and oxygen atoms in total. The van der Waals surface area contributed by atoms with E-state index in [2.05, 4.69) is 0 Å². The Kier molecular flexibility index (Phi) is 7.96. The number of amides is 1. The Morgan fingerprint density at radius 3 is 2.39 bits per heavy atom. The van der Waals surface area contributed by atoms with E-state index in [1.54, 1.807) is 70.1 Å². The second-order valence-corrected chi connectivity index (χ2v) is 8.54. The Hall–Kier alpha value is -4.79. The number of nitro benzene ring substituents is 1. The van der Waals surface area contributed by atoms with Crippen LogP contribution >= 0.6 is 0 Å². The van der Waals surface area contributed by atoms with Gasteiger partial charge in [-0.25, -0.2) is 4.98 Å². The number of carbonyl (C=O) groups is 1. The summed E-state index contributed by atoms with van der Waals surface area (Å²) in [5, 5.41) is 11.4. The molecule has 0 fully saturated rings. The normalized spacial score (nSPS) is 12.0. The van der Waals surface area contributed by atoms with Gasteiger partial charge in [0.05, 0.1) is 34.2 Å². The molecule has 0 saturated heterocycles. The van der Waals surface area contributed by atoms with Crippen LogP contribution in [-0.4, -0.2) is 38.4 Å². The lowest BCUT2D eigenvalue weighted by molar-refractivity contribution is -0.384. The summed E-state index contributed by atoms with van der Waals surface area (Å²) < 4.78 is 7.09. The molecule has 0 aliphatic heterocycles. The molecule has 0 saturated carbocycles. The van der Waals surface area contributed by atoms with Crippen LogP contribution in [0.4, 0.5) is 5.69 Å². The van der Waals surface area contributed by atoms with E-state index in [4.69, 9.17) is 9.72 Å². The molecule has 1 atom stereocenters. The van der Waals surface area contributed by atoms with E-state index in [1.165, 1.54) is 18.2 Å². The second-order valence-electron chi connectivity index (χ2n) is 8.54. The van der Waals surface area contributed by atoms with Crippen molar-refractivity contribution >= 4 is 28.6 Å². The Morgan fingerprint density at radius 1 is 1.08 bits per heavy atom. The smallest absolute Gasteiger partial charge is 0.269 e. The molecule has 4 aromatic rings. The molecule has 9 heteroatoms. The maximum atomic E-state index is 13.7. The maximum Gasteiger partial charge on any atom is 0.269 e. The maximum absolute atomic E-state index is 13.7. The van der Waals surface area contributed by atoms with E-state index >= 15 is 0 Å². The Balaban J connectivity index is 1.73. The van der Waals surface area contributed by atoms with Crippen LogP contribution in [0.25, 0.3) is 22.7 Å². The Labute approximate surface area is 219 Å². The predicted octanol–water partition coefficient (Wildman–Crippen LogP) is 5.32. The summed E-state index contributed by atoms with van der Waals surface area (Å²) in [6.07, 6.45) is 3.02. The molecular weight excluding hydrogens is 484 g/mol. The molecule has 4 rings (SSSR count). The van der Waals surface area contributed by atoms with E-state index in [-0.39, 0.29) is 17.2 Å². The minimum absolute atomic E-state index is 0.0214. The zero-order valence-electron chi connectivity index (χ0n) is 21.4. The van der Waals surface area contributed by atoms with Gasteiger partial charge in [0, 0.05) is 24.8 Å². The lowest BCUT2D eigenvalue weighted by Crippen LogP contribution is -2.36. The first-order chi connectivity index (χ1) is 18.3. The largest absolute Gasteiger partial charge is 0.494 e. The number of nitrogens with zero attached hydrogens (tertiary/aromatic N) is 4. The average molecular weight is 513 g/mol. The van der Waals surface area contributed by atoms with Crippen molar-refractivity contribution in [1.82, 2.24) is 14.5 Å². The highest BCUT2D eigenvalue weighted by Crippen LogP contribution is 2.24. The van der Waals surface area contributed by atoms with Crippen LogP contribution in [0.15, 0.2) is 83.7 Å². The standard InChI is InChI=1S/C29H28N4O5/c1-4-31(27(34)19-12-21-10-13-23(14-11-21)33(36)37)20(3)28-30-26-9-7-6-8-25(26)29(35)32(28)22-15-17-24(18-16-22)38-5-2/h6-20H,4-5H2,1-3H3. The second kappa shape index (κ2) is 11.5. The molecule has 3 aromatic carbocycles. The average Bonchev–Trinajstić information content (AvgIpc) is 2.93. The van der Waals surface area contributed by atoms with Crippen LogP contribution < -0.4 is 10.3 Å². The van der Waals surface area contributed by atoms with Crippen molar-refractivity contribution in [3.8, 4) is 11.4 Å². The third-order valence-electron chi connectivity index (χ3n) is 6.19. The molecule has 1 amide bonds. The van der Waals surface area contributed by atoms with Crippen LogP contribution in [0, 0.1) is 10.1 Å². The third kappa shape index (κ3) is 5.46. The number of benzene rings is 3. The molecular formula is C29H28N4O5. The van der Waals surface area contributed by atoms with Crippen molar-refractivity contribution in [2.24, 2.45) is 0 Å². The summed E-state index contributed by atoms with van der Waals surface area (Å²) >= 11 is 0. The lowest BCUT2D eigenvalue weighted by atomic mass is 10.1. The van der Waals surface area contributed by atoms with Gasteiger partial charge in [-0.05, 0) is 80.9 Å². The number of hydrogen-bond donors (Lipinski definition) is 0. The molecule has 0 spiro atoms. The van der Waals surface area contributed by atoms with Crippen molar-refractivity contribution in [2.75, 3.05) is 13.2 Å². The van der Waals surface area contributed by atoms with Gasteiger partial charge in [0.1, 0.15) is 11.6 Å². The highest BCUT2D eigenvalue weighted by molar-refractivity contribution is 5.92. The SMILES string of the molecule is CCOc1ccc(-n2c(C(C)N(CC)C(=O)C=Cc3ccc([N+](=O)[O-])cc3)nc3ccccc3c2=O)cc1. The first-order valence-corrected chi connectivity index (χ1v) is 12.3. The van der Waals surface area contributed by atoms with Crippen LogP contribution in [0.1, 0.15) is 38.2 Å². The van der Waals surface area contributed by atoms with Crippen molar-refractivity contribution < 1.29 is 14.5 Å². The number of aromatic nitrogens is 2. The van der Waals surface area contributed by atoms with Crippen LogP contribution in [0.3, 0.4) is 0 Å². The molecule has 0 N–H and O–H groups in total. The minimum atomic E-state index is -0.544. The molecule has 1 aromatic heterocycles. The lowest BCUT2D eigenvalue weighted by Gasteiger charge is -2.28. The third-order valence-corrected chi connectivity index (χ3v) is 6.19. The Bertz CT molecular complexity index is 1540. The van der Waals surface area contributed by atoms with Crippen LogP contribution in [-0.2, 0) is 4.79 Å². The van der Waals surface area contributed by atoms with E-state index in [9.17, 15) is 19.7 Å². The number of likely N-dealkylation sites (N-methyl/N-ethyl adjacent to an activating group) is 1. The van der Waals surface area contributed by atoms with Gasteiger partial charge in [0.15, 0.2) is 0 Å². The van der Waals surface area contributed by atoms with Gasteiger partial charge in [0.2, 0.25) is 5.91 Å². The number of para-hydroxylation sites is 1. The summed E-state index contributed by atoms with van der Waals surface area (Å²) in [6, 6.07) is 19.7. The summed E-state index contributed by atoms with van der Waals surface area (Å²) in [5.74, 6) is 0.838.